The molecule has 23 heavy (non-hydrogen) atoms. The van der Waals surface area contributed by atoms with Crippen LogP contribution < -0.4 is 10.6 Å². The molecule has 0 atom stereocenters. The molecule has 132 valence electrons. The van der Waals surface area contributed by atoms with Gasteiger partial charge in [0.1, 0.15) is 0 Å². The molecule has 0 radical (unpaired) electrons. The van der Waals surface area contributed by atoms with Crippen LogP contribution in [0.3, 0.4) is 0 Å². The SMILES string of the molecule is CNCCC(=O)NCC1CCN(Cc2ccccc2)CC1.Cl.Cl. The normalized spacial score (nSPS) is 15.3. The summed E-state index contributed by atoms with van der Waals surface area (Å²) in [6.45, 7) is 4.89. The molecule has 1 amide bonds. The molecule has 0 spiro atoms. The molecular weight excluding hydrogens is 333 g/mol. The van der Waals surface area contributed by atoms with Gasteiger partial charge in [-0.15, -0.1) is 24.8 Å². The van der Waals surface area contributed by atoms with Gasteiger partial charge >= 0.3 is 0 Å². The molecule has 2 N–H and O–H groups in total. The second-order valence-corrected chi connectivity index (χ2v) is 5.86. The summed E-state index contributed by atoms with van der Waals surface area (Å²) >= 11 is 0. The first-order valence-corrected chi connectivity index (χ1v) is 7.95. The van der Waals surface area contributed by atoms with Crippen molar-refractivity contribution in [3.8, 4) is 0 Å². The smallest absolute Gasteiger partial charge is 0.221 e. The average Bonchev–Trinajstić information content (AvgIpc) is 2.53. The van der Waals surface area contributed by atoms with Crippen LogP contribution in [0.15, 0.2) is 30.3 Å². The maximum Gasteiger partial charge on any atom is 0.221 e. The molecule has 6 heteroatoms. The van der Waals surface area contributed by atoms with Gasteiger partial charge in [0.25, 0.3) is 0 Å². The number of likely N-dealkylation sites (tertiary alicyclic amines) is 1. The molecule has 0 saturated carbocycles. The Labute approximate surface area is 152 Å². The number of benzene rings is 1. The van der Waals surface area contributed by atoms with E-state index in [1.165, 1.54) is 18.4 Å². The quantitative estimate of drug-likeness (QED) is 0.783. The Morgan fingerprint density at radius 2 is 1.83 bits per heavy atom. The molecule has 4 nitrogen and oxygen atoms in total. The Kier molecular flexibility index (Phi) is 12.1. The number of halogens is 2. The summed E-state index contributed by atoms with van der Waals surface area (Å²) in [6.07, 6.45) is 2.93. The van der Waals surface area contributed by atoms with Crippen molar-refractivity contribution >= 4 is 30.7 Å². The second-order valence-electron chi connectivity index (χ2n) is 5.86. The monoisotopic (exact) mass is 361 g/mol. The summed E-state index contributed by atoms with van der Waals surface area (Å²) in [5, 5.41) is 6.05. The third-order valence-electron chi connectivity index (χ3n) is 4.15. The molecule has 1 aromatic carbocycles. The van der Waals surface area contributed by atoms with Crippen molar-refractivity contribution in [3.05, 3.63) is 35.9 Å². The van der Waals surface area contributed by atoms with Gasteiger partial charge in [0.15, 0.2) is 0 Å². The fourth-order valence-corrected chi connectivity index (χ4v) is 2.78. The Morgan fingerprint density at radius 1 is 1.17 bits per heavy atom. The van der Waals surface area contributed by atoms with Crippen molar-refractivity contribution in [3.63, 3.8) is 0 Å². The van der Waals surface area contributed by atoms with Crippen molar-refractivity contribution in [1.82, 2.24) is 15.5 Å². The summed E-state index contributed by atoms with van der Waals surface area (Å²) in [7, 11) is 1.87. The Bertz CT molecular complexity index is 423. The summed E-state index contributed by atoms with van der Waals surface area (Å²) in [5.74, 6) is 0.798. The highest BCUT2D eigenvalue weighted by Crippen LogP contribution is 2.18. The van der Waals surface area contributed by atoms with E-state index >= 15 is 0 Å². The van der Waals surface area contributed by atoms with Crippen molar-refractivity contribution in [1.29, 1.82) is 0 Å². The lowest BCUT2D eigenvalue weighted by Gasteiger charge is -2.32. The van der Waals surface area contributed by atoms with E-state index in [0.29, 0.717) is 12.3 Å². The number of hydrogen-bond acceptors (Lipinski definition) is 3. The first kappa shape index (κ1) is 22.2. The van der Waals surface area contributed by atoms with E-state index in [-0.39, 0.29) is 30.7 Å². The average molecular weight is 362 g/mol. The zero-order chi connectivity index (χ0) is 14.9. The van der Waals surface area contributed by atoms with Crippen LogP contribution in [0.25, 0.3) is 0 Å². The van der Waals surface area contributed by atoms with E-state index in [4.69, 9.17) is 0 Å². The number of nitrogens with one attached hydrogen (secondary N) is 2. The van der Waals surface area contributed by atoms with Crippen LogP contribution in [0.4, 0.5) is 0 Å². The first-order chi connectivity index (χ1) is 10.3. The molecule has 1 fully saturated rings. The number of piperidine rings is 1. The molecule has 1 aliphatic heterocycles. The highest BCUT2D eigenvalue weighted by molar-refractivity contribution is 5.85. The van der Waals surface area contributed by atoms with E-state index < -0.39 is 0 Å². The largest absolute Gasteiger partial charge is 0.356 e. The fraction of sp³-hybridized carbons (Fsp3) is 0.588. The van der Waals surface area contributed by atoms with Crippen molar-refractivity contribution in [2.24, 2.45) is 5.92 Å². The van der Waals surface area contributed by atoms with E-state index in [1.54, 1.807) is 0 Å². The van der Waals surface area contributed by atoms with Gasteiger partial charge in [-0.25, -0.2) is 0 Å². The standard InChI is InChI=1S/C17H27N3O.2ClH/c1-18-10-7-17(21)19-13-15-8-11-20(12-9-15)14-16-5-3-2-4-6-16;;/h2-6,15,18H,7-14H2,1H3,(H,19,21);2*1H. The van der Waals surface area contributed by atoms with Crippen LogP contribution >= 0.6 is 24.8 Å². The van der Waals surface area contributed by atoms with Gasteiger partial charge in [-0.1, -0.05) is 30.3 Å². The maximum atomic E-state index is 11.6. The van der Waals surface area contributed by atoms with Gasteiger partial charge in [-0.3, -0.25) is 9.69 Å². The van der Waals surface area contributed by atoms with Crippen molar-refractivity contribution < 1.29 is 4.79 Å². The van der Waals surface area contributed by atoms with Crippen LogP contribution in [-0.2, 0) is 11.3 Å². The van der Waals surface area contributed by atoms with E-state index in [1.807, 2.05) is 7.05 Å². The zero-order valence-corrected chi connectivity index (χ0v) is 15.4. The van der Waals surface area contributed by atoms with E-state index in [2.05, 4.69) is 45.9 Å². The molecule has 0 aliphatic carbocycles. The Balaban J connectivity index is 0.00000242. The van der Waals surface area contributed by atoms with Gasteiger partial charge in [0, 0.05) is 26.1 Å². The van der Waals surface area contributed by atoms with Gasteiger partial charge in [-0.2, -0.15) is 0 Å². The Hall–Kier alpha value is -0.810. The zero-order valence-electron chi connectivity index (χ0n) is 13.8. The van der Waals surface area contributed by atoms with Crippen molar-refractivity contribution in [2.75, 3.05) is 33.2 Å². The fourth-order valence-electron chi connectivity index (χ4n) is 2.78. The van der Waals surface area contributed by atoms with E-state index in [0.717, 1.165) is 32.7 Å². The third-order valence-corrected chi connectivity index (χ3v) is 4.15. The molecule has 1 heterocycles. The first-order valence-electron chi connectivity index (χ1n) is 7.95. The number of nitrogens with zero attached hydrogens (tertiary/aromatic N) is 1. The molecule has 1 aromatic rings. The highest BCUT2D eigenvalue weighted by atomic mass is 35.5. The number of rotatable bonds is 7. The van der Waals surface area contributed by atoms with E-state index in [9.17, 15) is 4.79 Å². The number of carbonyl (C=O) groups excluding carboxylic acids is 1. The second kappa shape index (κ2) is 12.6. The number of carbonyl (C=O) groups is 1. The van der Waals surface area contributed by atoms with Gasteiger partial charge in [0.2, 0.25) is 5.91 Å². The predicted octanol–water partition coefficient (Wildman–Crippen LogP) is 2.47. The molecular formula is C17H29Cl2N3O. The van der Waals surface area contributed by atoms with Crippen LogP contribution in [0.2, 0.25) is 0 Å². The molecule has 0 bridgehead atoms. The minimum atomic E-state index is 0. The van der Waals surface area contributed by atoms with Gasteiger partial charge in [0.05, 0.1) is 0 Å². The molecule has 1 aliphatic rings. The summed E-state index contributed by atoms with van der Waals surface area (Å²) < 4.78 is 0. The predicted molar refractivity (Wildman–Crippen MR) is 100 cm³/mol. The Morgan fingerprint density at radius 3 is 2.43 bits per heavy atom. The van der Waals surface area contributed by atoms with Crippen LogP contribution in [0, 0.1) is 5.92 Å². The van der Waals surface area contributed by atoms with Crippen LogP contribution in [-0.4, -0.2) is 44.0 Å². The topological polar surface area (TPSA) is 44.4 Å². The number of hydrogen-bond donors (Lipinski definition) is 2. The van der Waals surface area contributed by atoms with Gasteiger partial charge in [-0.05, 0) is 44.5 Å². The minimum Gasteiger partial charge on any atom is -0.356 e. The van der Waals surface area contributed by atoms with Crippen molar-refractivity contribution in [2.45, 2.75) is 25.8 Å². The molecule has 0 aromatic heterocycles. The summed E-state index contributed by atoms with van der Waals surface area (Å²) in [5.41, 5.74) is 1.39. The maximum absolute atomic E-state index is 11.6. The lowest BCUT2D eigenvalue weighted by Crippen LogP contribution is -2.38. The molecule has 1 saturated heterocycles. The number of amides is 1. The molecule has 2 rings (SSSR count). The summed E-state index contributed by atoms with van der Waals surface area (Å²) in [6, 6.07) is 10.6. The van der Waals surface area contributed by atoms with Crippen LogP contribution in [0.1, 0.15) is 24.8 Å². The van der Waals surface area contributed by atoms with Crippen LogP contribution in [0.5, 0.6) is 0 Å². The third kappa shape index (κ3) is 8.56. The minimum absolute atomic E-state index is 0. The highest BCUT2D eigenvalue weighted by Gasteiger charge is 2.19. The lowest BCUT2D eigenvalue weighted by molar-refractivity contribution is -0.121. The summed E-state index contributed by atoms with van der Waals surface area (Å²) in [4.78, 5) is 14.1. The molecule has 0 unspecified atom stereocenters. The van der Waals surface area contributed by atoms with Gasteiger partial charge < -0.3 is 10.6 Å². The lowest BCUT2D eigenvalue weighted by atomic mass is 9.96.